The summed E-state index contributed by atoms with van der Waals surface area (Å²) in [5.74, 6) is -0.0188. The van der Waals surface area contributed by atoms with Crippen molar-refractivity contribution in [1.82, 2.24) is 0 Å². The summed E-state index contributed by atoms with van der Waals surface area (Å²) in [4.78, 5) is 21.8. The molecule has 0 aliphatic heterocycles. The number of esters is 1. The van der Waals surface area contributed by atoms with Crippen molar-refractivity contribution in [2.75, 3.05) is 7.11 Å². The second-order valence-corrected chi connectivity index (χ2v) is 6.20. The van der Waals surface area contributed by atoms with Gasteiger partial charge in [0, 0.05) is 19.8 Å². The lowest BCUT2D eigenvalue weighted by Crippen LogP contribution is -2.17. The maximum Gasteiger partial charge on any atom is 0.303 e. The Morgan fingerprint density at radius 2 is 2.04 bits per heavy atom. The SMILES string of the molecule is COc1cccc(CCC(C)C=CCC(CCC(=O)O)OC(C)=O)c1. The van der Waals surface area contributed by atoms with Gasteiger partial charge in [-0.3, -0.25) is 9.59 Å². The standard InChI is InChI=1S/C20H28O5/c1-15(10-11-17-7-5-9-19(14-17)24-3)6-4-8-18(25-16(2)21)12-13-20(22)23/h4-7,9,14-15,18H,8,10-13H2,1-3H3,(H,22,23). The summed E-state index contributed by atoms with van der Waals surface area (Å²) in [5.41, 5.74) is 1.24. The number of aryl methyl sites for hydroxylation is 1. The van der Waals surface area contributed by atoms with Gasteiger partial charge in [0.1, 0.15) is 11.9 Å². The van der Waals surface area contributed by atoms with E-state index in [9.17, 15) is 9.59 Å². The van der Waals surface area contributed by atoms with Crippen LogP contribution in [0.3, 0.4) is 0 Å². The third kappa shape index (κ3) is 9.55. The molecule has 25 heavy (non-hydrogen) atoms. The first-order valence-corrected chi connectivity index (χ1v) is 8.59. The van der Waals surface area contributed by atoms with Gasteiger partial charge in [-0.2, -0.15) is 0 Å². The average Bonchev–Trinajstić information content (AvgIpc) is 2.57. The molecule has 5 heteroatoms. The number of aliphatic carboxylic acids is 1. The number of hydrogen-bond donors (Lipinski definition) is 1. The number of carboxylic acids is 1. The van der Waals surface area contributed by atoms with E-state index in [0.717, 1.165) is 18.6 Å². The van der Waals surface area contributed by atoms with Crippen LogP contribution in [0.4, 0.5) is 0 Å². The van der Waals surface area contributed by atoms with Crippen molar-refractivity contribution in [3.63, 3.8) is 0 Å². The molecule has 0 spiro atoms. The van der Waals surface area contributed by atoms with E-state index in [2.05, 4.69) is 19.1 Å². The van der Waals surface area contributed by atoms with Crippen LogP contribution in [-0.4, -0.2) is 30.3 Å². The second kappa shape index (κ2) is 11.3. The van der Waals surface area contributed by atoms with Crippen LogP contribution in [-0.2, 0) is 20.7 Å². The Kier molecular flexibility index (Phi) is 9.37. The summed E-state index contributed by atoms with van der Waals surface area (Å²) in [6.45, 7) is 3.48. The van der Waals surface area contributed by atoms with Gasteiger partial charge in [-0.1, -0.05) is 31.2 Å². The highest BCUT2D eigenvalue weighted by Gasteiger charge is 2.12. The summed E-state index contributed by atoms with van der Waals surface area (Å²) in [7, 11) is 1.66. The Labute approximate surface area is 149 Å². The zero-order valence-corrected chi connectivity index (χ0v) is 15.2. The van der Waals surface area contributed by atoms with Gasteiger partial charge in [0.25, 0.3) is 0 Å². The van der Waals surface area contributed by atoms with Crippen LogP contribution in [0, 0.1) is 5.92 Å². The molecule has 1 aromatic carbocycles. The summed E-state index contributed by atoms with van der Waals surface area (Å²) < 4.78 is 10.4. The highest BCUT2D eigenvalue weighted by molar-refractivity contribution is 5.67. The first kappa shape index (κ1) is 20.7. The first-order chi connectivity index (χ1) is 11.9. The molecule has 0 radical (unpaired) electrons. The lowest BCUT2D eigenvalue weighted by Gasteiger charge is -2.14. The number of carbonyl (C=O) groups is 2. The van der Waals surface area contributed by atoms with E-state index in [1.54, 1.807) is 7.11 Å². The average molecular weight is 348 g/mol. The minimum atomic E-state index is -0.882. The predicted octanol–water partition coefficient (Wildman–Crippen LogP) is 4.01. The fourth-order valence-corrected chi connectivity index (χ4v) is 2.53. The molecule has 5 nitrogen and oxygen atoms in total. The summed E-state index contributed by atoms with van der Waals surface area (Å²) in [6.07, 6.45) is 6.51. The zero-order chi connectivity index (χ0) is 18.7. The van der Waals surface area contributed by atoms with Crippen LogP contribution >= 0.6 is 0 Å². The van der Waals surface area contributed by atoms with Crippen LogP contribution < -0.4 is 4.74 Å². The van der Waals surface area contributed by atoms with Gasteiger partial charge in [-0.15, -0.1) is 0 Å². The van der Waals surface area contributed by atoms with E-state index in [1.807, 2.05) is 24.3 Å². The Bertz CT molecular complexity index is 579. The highest BCUT2D eigenvalue weighted by Crippen LogP contribution is 2.17. The quantitative estimate of drug-likeness (QED) is 0.483. The molecule has 0 saturated heterocycles. The van der Waals surface area contributed by atoms with Gasteiger partial charge in [0.15, 0.2) is 0 Å². The minimum Gasteiger partial charge on any atom is -0.497 e. The maximum absolute atomic E-state index is 11.1. The fourth-order valence-electron chi connectivity index (χ4n) is 2.53. The number of carboxylic acid groups (broad SMARTS) is 1. The zero-order valence-electron chi connectivity index (χ0n) is 15.2. The molecule has 0 amide bonds. The molecular weight excluding hydrogens is 320 g/mol. The number of benzene rings is 1. The van der Waals surface area contributed by atoms with Gasteiger partial charge >= 0.3 is 11.9 Å². The number of rotatable bonds is 11. The van der Waals surface area contributed by atoms with Crippen molar-refractivity contribution in [1.29, 1.82) is 0 Å². The van der Waals surface area contributed by atoms with Gasteiger partial charge in [-0.25, -0.2) is 0 Å². The van der Waals surface area contributed by atoms with E-state index in [4.69, 9.17) is 14.6 Å². The van der Waals surface area contributed by atoms with Crippen LogP contribution in [0.2, 0.25) is 0 Å². The van der Waals surface area contributed by atoms with Crippen molar-refractivity contribution in [2.45, 2.75) is 52.1 Å². The van der Waals surface area contributed by atoms with Crippen molar-refractivity contribution in [3.8, 4) is 5.75 Å². The molecule has 1 N–H and O–H groups in total. The third-order valence-electron chi connectivity index (χ3n) is 3.90. The minimum absolute atomic E-state index is 0.00280. The van der Waals surface area contributed by atoms with Gasteiger partial charge in [0.2, 0.25) is 0 Å². The number of allylic oxidation sites excluding steroid dienone is 1. The number of hydrogen-bond acceptors (Lipinski definition) is 4. The second-order valence-electron chi connectivity index (χ2n) is 6.20. The molecule has 2 unspecified atom stereocenters. The Morgan fingerprint density at radius 1 is 1.28 bits per heavy atom. The van der Waals surface area contributed by atoms with Gasteiger partial charge in [-0.05, 0) is 42.9 Å². The van der Waals surface area contributed by atoms with Crippen molar-refractivity contribution >= 4 is 11.9 Å². The monoisotopic (exact) mass is 348 g/mol. The smallest absolute Gasteiger partial charge is 0.303 e. The predicted molar refractivity (Wildman–Crippen MR) is 96.7 cm³/mol. The van der Waals surface area contributed by atoms with E-state index in [-0.39, 0.29) is 18.5 Å². The van der Waals surface area contributed by atoms with Crippen molar-refractivity contribution < 1.29 is 24.2 Å². The lowest BCUT2D eigenvalue weighted by atomic mass is 9.99. The molecule has 0 aliphatic carbocycles. The summed E-state index contributed by atoms with van der Waals surface area (Å²) in [6, 6.07) is 8.04. The number of ether oxygens (including phenoxy) is 2. The molecule has 0 aliphatic rings. The largest absolute Gasteiger partial charge is 0.497 e. The molecule has 1 rings (SSSR count). The Balaban J connectivity index is 2.43. The van der Waals surface area contributed by atoms with E-state index < -0.39 is 5.97 Å². The topological polar surface area (TPSA) is 72.8 Å². The van der Waals surface area contributed by atoms with E-state index >= 15 is 0 Å². The Hall–Kier alpha value is -2.30. The van der Waals surface area contributed by atoms with Gasteiger partial charge < -0.3 is 14.6 Å². The van der Waals surface area contributed by atoms with Crippen molar-refractivity contribution in [3.05, 3.63) is 42.0 Å². The van der Waals surface area contributed by atoms with Gasteiger partial charge in [0.05, 0.1) is 7.11 Å². The maximum atomic E-state index is 11.1. The van der Waals surface area contributed by atoms with E-state index in [1.165, 1.54) is 12.5 Å². The summed E-state index contributed by atoms with van der Waals surface area (Å²) >= 11 is 0. The normalized spacial score (nSPS) is 13.4. The molecule has 2 atom stereocenters. The molecule has 0 heterocycles. The summed E-state index contributed by atoms with van der Waals surface area (Å²) in [5, 5.41) is 8.76. The lowest BCUT2D eigenvalue weighted by molar-refractivity contribution is -0.148. The number of methoxy groups -OCH3 is 1. The molecule has 0 fully saturated rings. The molecule has 0 bridgehead atoms. The molecule has 138 valence electrons. The van der Waals surface area contributed by atoms with E-state index in [0.29, 0.717) is 18.8 Å². The van der Waals surface area contributed by atoms with Crippen molar-refractivity contribution in [2.24, 2.45) is 5.92 Å². The van der Waals surface area contributed by atoms with Crippen LogP contribution in [0.5, 0.6) is 5.75 Å². The Morgan fingerprint density at radius 3 is 2.68 bits per heavy atom. The van der Waals surface area contributed by atoms with Crippen LogP contribution in [0.15, 0.2) is 36.4 Å². The van der Waals surface area contributed by atoms with Crippen LogP contribution in [0.25, 0.3) is 0 Å². The fraction of sp³-hybridized carbons (Fsp3) is 0.500. The van der Waals surface area contributed by atoms with Crippen LogP contribution in [0.1, 0.15) is 45.1 Å². The highest BCUT2D eigenvalue weighted by atomic mass is 16.5. The molecule has 0 saturated carbocycles. The third-order valence-corrected chi connectivity index (χ3v) is 3.90. The first-order valence-electron chi connectivity index (χ1n) is 8.59. The number of carbonyl (C=O) groups excluding carboxylic acids is 1. The molecule has 0 aromatic heterocycles. The molecular formula is C20H28O5. The molecule has 1 aromatic rings.